The van der Waals surface area contributed by atoms with Crippen LogP contribution in [0.2, 0.25) is 0 Å². The Morgan fingerprint density at radius 1 is 1.28 bits per heavy atom. The highest BCUT2D eigenvalue weighted by Crippen LogP contribution is 2.45. The minimum Gasteiger partial charge on any atom is -0.381 e. The fraction of sp³-hybridized carbons (Fsp3) is 1.00. The van der Waals surface area contributed by atoms with Crippen LogP contribution in [-0.2, 0) is 9.47 Å². The molecule has 3 nitrogen and oxygen atoms in total. The Balaban J connectivity index is 2.06. The molecule has 2 unspecified atom stereocenters. The minimum atomic E-state index is -0.0946. The lowest BCUT2D eigenvalue weighted by molar-refractivity contribution is -0.109. The lowest BCUT2D eigenvalue weighted by Gasteiger charge is -2.48. The standard InChI is InChI=1S/C15H29NO2/c1-4-18-15(8-6-14(2,3)7-9-15)13(16)12-5-10-17-11-12/h12-13H,4-11,16H2,1-3H3. The Kier molecular flexibility index (Phi) is 4.35. The third-order valence-electron chi connectivity index (χ3n) is 4.96. The van der Waals surface area contributed by atoms with E-state index in [0.717, 1.165) is 39.1 Å². The molecule has 1 aliphatic carbocycles. The number of nitrogens with two attached hydrogens (primary N) is 1. The molecule has 0 aromatic heterocycles. The highest BCUT2D eigenvalue weighted by atomic mass is 16.5. The van der Waals surface area contributed by atoms with Crippen LogP contribution in [0.15, 0.2) is 0 Å². The summed E-state index contributed by atoms with van der Waals surface area (Å²) >= 11 is 0. The maximum Gasteiger partial charge on any atom is 0.0836 e. The van der Waals surface area contributed by atoms with Gasteiger partial charge in [0.15, 0.2) is 0 Å². The smallest absolute Gasteiger partial charge is 0.0836 e. The summed E-state index contributed by atoms with van der Waals surface area (Å²) in [5.41, 5.74) is 6.91. The number of hydrogen-bond donors (Lipinski definition) is 1. The van der Waals surface area contributed by atoms with Gasteiger partial charge in [-0.15, -0.1) is 0 Å². The average molecular weight is 255 g/mol. The molecule has 3 heteroatoms. The fourth-order valence-corrected chi connectivity index (χ4v) is 3.48. The van der Waals surface area contributed by atoms with Crippen molar-refractivity contribution in [1.29, 1.82) is 0 Å². The second-order valence-corrected chi connectivity index (χ2v) is 6.81. The molecule has 0 radical (unpaired) electrons. The Morgan fingerprint density at radius 2 is 1.94 bits per heavy atom. The molecule has 1 saturated heterocycles. The van der Waals surface area contributed by atoms with Gasteiger partial charge in [0, 0.05) is 25.2 Å². The van der Waals surface area contributed by atoms with Crippen molar-refractivity contribution in [3.63, 3.8) is 0 Å². The highest BCUT2D eigenvalue weighted by Gasteiger charge is 2.46. The van der Waals surface area contributed by atoms with Crippen LogP contribution >= 0.6 is 0 Å². The third kappa shape index (κ3) is 2.89. The van der Waals surface area contributed by atoms with Crippen molar-refractivity contribution in [2.45, 2.75) is 64.5 Å². The molecule has 1 aliphatic heterocycles. The third-order valence-corrected chi connectivity index (χ3v) is 4.96. The van der Waals surface area contributed by atoms with Gasteiger partial charge in [-0.25, -0.2) is 0 Å². The summed E-state index contributed by atoms with van der Waals surface area (Å²) < 4.78 is 11.7. The molecule has 0 aromatic rings. The first kappa shape index (κ1) is 14.3. The topological polar surface area (TPSA) is 44.5 Å². The van der Waals surface area contributed by atoms with Gasteiger partial charge < -0.3 is 15.2 Å². The molecule has 106 valence electrons. The summed E-state index contributed by atoms with van der Waals surface area (Å²) in [6.45, 7) is 9.24. The Bertz CT molecular complexity index is 262. The van der Waals surface area contributed by atoms with Crippen LogP contribution in [0, 0.1) is 11.3 Å². The predicted octanol–water partition coefficient (Wildman–Crippen LogP) is 2.73. The van der Waals surface area contributed by atoms with E-state index in [2.05, 4.69) is 20.8 Å². The van der Waals surface area contributed by atoms with Crippen LogP contribution in [0.4, 0.5) is 0 Å². The van der Waals surface area contributed by atoms with Crippen LogP contribution in [-0.4, -0.2) is 31.5 Å². The molecule has 2 N–H and O–H groups in total. The van der Waals surface area contributed by atoms with Crippen LogP contribution in [0.5, 0.6) is 0 Å². The summed E-state index contributed by atoms with van der Waals surface area (Å²) in [5.74, 6) is 0.484. The van der Waals surface area contributed by atoms with E-state index in [1.54, 1.807) is 0 Å². The van der Waals surface area contributed by atoms with E-state index in [-0.39, 0.29) is 11.6 Å². The van der Waals surface area contributed by atoms with E-state index in [1.807, 2.05) is 0 Å². The van der Waals surface area contributed by atoms with Gasteiger partial charge in [0.2, 0.25) is 0 Å². The SMILES string of the molecule is CCOC1(C(N)C2CCOC2)CCC(C)(C)CC1. The number of ether oxygens (including phenoxy) is 2. The maximum atomic E-state index is 6.56. The van der Waals surface area contributed by atoms with Crippen LogP contribution < -0.4 is 5.73 Å². The van der Waals surface area contributed by atoms with Crippen molar-refractivity contribution in [3.8, 4) is 0 Å². The zero-order valence-electron chi connectivity index (χ0n) is 12.2. The average Bonchev–Trinajstić information content (AvgIpc) is 2.85. The first-order valence-corrected chi connectivity index (χ1v) is 7.46. The largest absolute Gasteiger partial charge is 0.381 e. The molecule has 18 heavy (non-hydrogen) atoms. The van der Waals surface area contributed by atoms with Gasteiger partial charge in [0.05, 0.1) is 12.2 Å². The van der Waals surface area contributed by atoms with Gasteiger partial charge in [-0.2, -0.15) is 0 Å². The Labute approximate surface area is 111 Å². The molecule has 2 rings (SSSR count). The quantitative estimate of drug-likeness (QED) is 0.840. The minimum absolute atomic E-state index is 0.0946. The van der Waals surface area contributed by atoms with E-state index < -0.39 is 0 Å². The second kappa shape index (κ2) is 5.48. The summed E-state index contributed by atoms with van der Waals surface area (Å²) in [5, 5.41) is 0. The Hall–Kier alpha value is -0.120. The van der Waals surface area contributed by atoms with Crippen molar-refractivity contribution in [3.05, 3.63) is 0 Å². The fourth-order valence-electron chi connectivity index (χ4n) is 3.48. The normalized spacial score (nSPS) is 32.3. The van der Waals surface area contributed by atoms with Crippen molar-refractivity contribution < 1.29 is 9.47 Å². The first-order valence-electron chi connectivity index (χ1n) is 7.46. The van der Waals surface area contributed by atoms with E-state index in [0.29, 0.717) is 11.3 Å². The molecule has 0 amide bonds. The van der Waals surface area contributed by atoms with Crippen LogP contribution in [0.25, 0.3) is 0 Å². The zero-order valence-corrected chi connectivity index (χ0v) is 12.2. The predicted molar refractivity (Wildman–Crippen MR) is 73.5 cm³/mol. The lowest BCUT2D eigenvalue weighted by atomic mass is 9.66. The zero-order chi connectivity index (χ0) is 13.2. The molecule has 1 saturated carbocycles. The van der Waals surface area contributed by atoms with Crippen molar-refractivity contribution in [2.75, 3.05) is 19.8 Å². The van der Waals surface area contributed by atoms with Gasteiger partial charge >= 0.3 is 0 Å². The summed E-state index contributed by atoms with van der Waals surface area (Å²) in [7, 11) is 0. The molecule has 2 aliphatic rings. The molecule has 2 atom stereocenters. The van der Waals surface area contributed by atoms with Gasteiger partial charge in [0.1, 0.15) is 0 Å². The van der Waals surface area contributed by atoms with E-state index in [1.165, 1.54) is 12.8 Å². The maximum absolute atomic E-state index is 6.56. The van der Waals surface area contributed by atoms with Gasteiger partial charge in [-0.3, -0.25) is 0 Å². The summed E-state index contributed by atoms with van der Waals surface area (Å²) in [4.78, 5) is 0. The van der Waals surface area contributed by atoms with Crippen molar-refractivity contribution >= 4 is 0 Å². The highest BCUT2D eigenvalue weighted by molar-refractivity contribution is 5.00. The van der Waals surface area contributed by atoms with E-state index in [9.17, 15) is 0 Å². The van der Waals surface area contributed by atoms with Crippen LogP contribution in [0.3, 0.4) is 0 Å². The molecule has 0 aromatic carbocycles. The summed E-state index contributed by atoms with van der Waals surface area (Å²) in [6, 6.07) is 0.135. The molecular weight excluding hydrogens is 226 g/mol. The molecule has 2 fully saturated rings. The van der Waals surface area contributed by atoms with Gasteiger partial charge in [0.25, 0.3) is 0 Å². The van der Waals surface area contributed by atoms with E-state index in [4.69, 9.17) is 15.2 Å². The summed E-state index contributed by atoms with van der Waals surface area (Å²) in [6.07, 6.45) is 5.74. The molecule has 0 bridgehead atoms. The van der Waals surface area contributed by atoms with Crippen LogP contribution in [0.1, 0.15) is 52.9 Å². The lowest BCUT2D eigenvalue weighted by Crippen LogP contribution is -2.56. The molecular formula is C15H29NO2. The van der Waals surface area contributed by atoms with Gasteiger partial charge in [-0.05, 0) is 44.4 Å². The number of rotatable bonds is 4. The molecule has 1 heterocycles. The van der Waals surface area contributed by atoms with E-state index >= 15 is 0 Å². The monoisotopic (exact) mass is 255 g/mol. The first-order chi connectivity index (χ1) is 8.49. The Morgan fingerprint density at radius 3 is 2.44 bits per heavy atom. The van der Waals surface area contributed by atoms with Crippen molar-refractivity contribution in [1.82, 2.24) is 0 Å². The van der Waals surface area contributed by atoms with Gasteiger partial charge in [-0.1, -0.05) is 13.8 Å². The van der Waals surface area contributed by atoms with Crippen molar-refractivity contribution in [2.24, 2.45) is 17.1 Å². The number of hydrogen-bond acceptors (Lipinski definition) is 3. The molecule has 0 spiro atoms. The second-order valence-electron chi connectivity index (χ2n) is 6.81.